The molecule has 3 rings (SSSR count). The zero-order chi connectivity index (χ0) is 12.5. The molecule has 0 aliphatic carbocycles. The number of nitrogens with zero attached hydrogens (tertiary/aromatic N) is 2. The number of rotatable bonds is 3. The van der Waals surface area contributed by atoms with E-state index in [1.807, 2.05) is 18.3 Å². The quantitative estimate of drug-likeness (QED) is 0.930. The van der Waals surface area contributed by atoms with Crippen molar-refractivity contribution in [2.45, 2.75) is 37.8 Å². The first-order valence-corrected chi connectivity index (χ1v) is 7.59. The number of hydrogen-bond donors (Lipinski definition) is 1. The molecule has 0 radical (unpaired) electrons. The fraction of sp³-hybridized carbons (Fsp3) is 0.643. The highest BCUT2D eigenvalue weighted by Gasteiger charge is 2.38. The van der Waals surface area contributed by atoms with Crippen LogP contribution < -0.4 is 5.32 Å². The van der Waals surface area contributed by atoms with E-state index in [4.69, 9.17) is 0 Å². The van der Waals surface area contributed by atoms with Crippen molar-refractivity contribution < 1.29 is 0 Å². The molecule has 0 spiro atoms. The summed E-state index contributed by atoms with van der Waals surface area (Å²) in [5.74, 6) is 1.80. The second-order valence-corrected chi connectivity index (χ2v) is 6.55. The van der Waals surface area contributed by atoms with Crippen molar-refractivity contribution in [2.24, 2.45) is 5.92 Å². The first-order valence-electron chi connectivity index (χ1n) is 6.80. The van der Waals surface area contributed by atoms with Crippen LogP contribution in [0.2, 0.25) is 0 Å². The lowest BCUT2D eigenvalue weighted by molar-refractivity contribution is 0.139. The number of fused-ring (bicyclic) bond motifs is 2. The minimum Gasteiger partial charge on any atom is -0.370 e. The SMILES string of the molecule is CN1C2CCC1CC(CNc1ccc(Br)cn1)C2. The van der Waals surface area contributed by atoms with Gasteiger partial charge >= 0.3 is 0 Å². The van der Waals surface area contributed by atoms with E-state index in [1.54, 1.807) is 0 Å². The molecule has 2 atom stereocenters. The van der Waals surface area contributed by atoms with Crippen LogP contribution >= 0.6 is 15.9 Å². The summed E-state index contributed by atoms with van der Waals surface area (Å²) < 4.78 is 1.03. The molecule has 3 nitrogen and oxygen atoms in total. The summed E-state index contributed by atoms with van der Waals surface area (Å²) in [5, 5.41) is 3.47. The van der Waals surface area contributed by atoms with E-state index in [2.05, 4.69) is 38.2 Å². The van der Waals surface area contributed by atoms with Gasteiger partial charge in [-0.05, 0) is 66.7 Å². The predicted octanol–water partition coefficient (Wildman–Crippen LogP) is 3.13. The zero-order valence-corrected chi connectivity index (χ0v) is 12.4. The molecule has 0 amide bonds. The molecular weight excluding hydrogens is 290 g/mol. The molecular formula is C14H20BrN3. The van der Waals surface area contributed by atoms with Crippen molar-refractivity contribution in [3.8, 4) is 0 Å². The highest BCUT2D eigenvalue weighted by atomic mass is 79.9. The largest absolute Gasteiger partial charge is 0.370 e. The molecule has 2 bridgehead atoms. The summed E-state index contributed by atoms with van der Waals surface area (Å²) >= 11 is 3.41. The van der Waals surface area contributed by atoms with Crippen LogP contribution in [-0.4, -0.2) is 35.6 Å². The lowest BCUT2D eigenvalue weighted by Gasteiger charge is -2.36. The third-order valence-electron chi connectivity index (χ3n) is 4.50. The van der Waals surface area contributed by atoms with E-state index in [0.717, 1.165) is 34.8 Å². The number of aromatic nitrogens is 1. The van der Waals surface area contributed by atoms with Crippen LogP contribution in [-0.2, 0) is 0 Å². The van der Waals surface area contributed by atoms with Gasteiger partial charge in [0.25, 0.3) is 0 Å². The van der Waals surface area contributed by atoms with Gasteiger partial charge in [0.1, 0.15) is 5.82 Å². The standard InChI is InChI=1S/C14H20BrN3/c1-18-12-3-4-13(18)7-10(6-12)8-16-14-5-2-11(15)9-17-14/h2,5,9-10,12-13H,3-4,6-8H2,1H3,(H,16,17). The fourth-order valence-electron chi connectivity index (χ4n) is 3.42. The highest BCUT2D eigenvalue weighted by molar-refractivity contribution is 9.10. The van der Waals surface area contributed by atoms with Crippen molar-refractivity contribution in [2.75, 3.05) is 18.9 Å². The van der Waals surface area contributed by atoms with Crippen LogP contribution in [0.1, 0.15) is 25.7 Å². The first-order chi connectivity index (χ1) is 8.72. The predicted molar refractivity (Wildman–Crippen MR) is 77.7 cm³/mol. The van der Waals surface area contributed by atoms with Crippen LogP contribution in [0.4, 0.5) is 5.82 Å². The van der Waals surface area contributed by atoms with Crippen molar-refractivity contribution in [3.05, 3.63) is 22.8 Å². The molecule has 18 heavy (non-hydrogen) atoms. The van der Waals surface area contributed by atoms with Crippen molar-refractivity contribution in [1.29, 1.82) is 0 Å². The molecule has 2 unspecified atom stereocenters. The number of hydrogen-bond acceptors (Lipinski definition) is 3. The minimum atomic E-state index is 0.809. The monoisotopic (exact) mass is 309 g/mol. The highest BCUT2D eigenvalue weighted by Crippen LogP contribution is 2.37. The molecule has 2 fully saturated rings. The maximum atomic E-state index is 4.36. The molecule has 1 aromatic rings. The van der Waals surface area contributed by atoms with Gasteiger partial charge in [-0.2, -0.15) is 0 Å². The number of pyridine rings is 1. The van der Waals surface area contributed by atoms with Crippen molar-refractivity contribution in [3.63, 3.8) is 0 Å². The molecule has 0 aromatic carbocycles. The van der Waals surface area contributed by atoms with E-state index in [-0.39, 0.29) is 0 Å². The minimum absolute atomic E-state index is 0.809. The van der Waals surface area contributed by atoms with E-state index in [1.165, 1.54) is 25.7 Å². The van der Waals surface area contributed by atoms with Crippen molar-refractivity contribution >= 4 is 21.7 Å². The zero-order valence-electron chi connectivity index (χ0n) is 10.8. The van der Waals surface area contributed by atoms with E-state index < -0.39 is 0 Å². The molecule has 1 aromatic heterocycles. The Kier molecular flexibility index (Phi) is 3.57. The molecule has 2 aliphatic heterocycles. The summed E-state index contributed by atoms with van der Waals surface area (Å²) in [6.45, 7) is 1.06. The van der Waals surface area contributed by atoms with Crippen LogP contribution in [0.3, 0.4) is 0 Å². The van der Waals surface area contributed by atoms with Gasteiger partial charge < -0.3 is 10.2 Å². The summed E-state index contributed by atoms with van der Waals surface area (Å²) in [4.78, 5) is 6.95. The molecule has 2 aliphatic rings. The Hall–Kier alpha value is -0.610. The maximum Gasteiger partial charge on any atom is 0.125 e. The summed E-state index contributed by atoms with van der Waals surface area (Å²) in [6, 6.07) is 5.73. The Morgan fingerprint density at radius 1 is 1.33 bits per heavy atom. The van der Waals surface area contributed by atoms with Gasteiger partial charge in [-0.1, -0.05) is 0 Å². The fourth-order valence-corrected chi connectivity index (χ4v) is 3.65. The lowest BCUT2D eigenvalue weighted by Crippen LogP contribution is -2.41. The van der Waals surface area contributed by atoms with Gasteiger partial charge in [0.2, 0.25) is 0 Å². The van der Waals surface area contributed by atoms with Crippen LogP contribution in [0, 0.1) is 5.92 Å². The van der Waals surface area contributed by atoms with E-state index in [9.17, 15) is 0 Å². The summed E-state index contributed by atoms with van der Waals surface area (Å²) in [6.07, 6.45) is 7.33. The summed E-state index contributed by atoms with van der Waals surface area (Å²) in [5.41, 5.74) is 0. The van der Waals surface area contributed by atoms with Crippen LogP contribution in [0.5, 0.6) is 0 Å². The second-order valence-electron chi connectivity index (χ2n) is 5.63. The molecule has 0 saturated carbocycles. The molecule has 4 heteroatoms. The van der Waals surface area contributed by atoms with Gasteiger partial charge in [-0.15, -0.1) is 0 Å². The van der Waals surface area contributed by atoms with Gasteiger partial charge in [-0.3, -0.25) is 0 Å². The third-order valence-corrected chi connectivity index (χ3v) is 4.96. The van der Waals surface area contributed by atoms with Gasteiger partial charge in [0.15, 0.2) is 0 Å². The van der Waals surface area contributed by atoms with E-state index >= 15 is 0 Å². The Morgan fingerprint density at radius 3 is 2.67 bits per heavy atom. The van der Waals surface area contributed by atoms with Crippen molar-refractivity contribution in [1.82, 2.24) is 9.88 Å². The summed E-state index contributed by atoms with van der Waals surface area (Å²) in [7, 11) is 2.29. The van der Waals surface area contributed by atoms with Gasteiger partial charge in [0, 0.05) is 29.3 Å². The maximum absolute atomic E-state index is 4.36. The Morgan fingerprint density at radius 2 is 2.06 bits per heavy atom. The molecule has 3 heterocycles. The number of piperidine rings is 1. The Labute approximate surface area is 117 Å². The van der Waals surface area contributed by atoms with E-state index in [0.29, 0.717) is 0 Å². The number of anilines is 1. The average Bonchev–Trinajstić information content (AvgIpc) is 2.62. The Bertz CT molecular complexity index is 392. The Balaban J connectivity index is 1.54. The number of halogens is 1. The number of nitrogens with one attached hydrogen (secondary N) is 1. The normalized spacial score (nSPS) is 31.6. The second kappa shape index (κ2) is 5.17. The third kappa shape index (κ3) is 2.54. The average molecular weight is 310 g/mol. The topological polar surface area (TPSA) is 28.2 Å². The van der Waals surface area contributed by atoms with Crippen LogP contribution in [0.15, 0.2) is 22.8 Å². The lowest BCUT2D eigenvalue weighted by atomic mass is 9.91. The smallest absolute Gasteiger partial charge is 0.125 e. The molecule has 1 N–H and O–H groups in total. The molecule has 2 saturated heterocycles. The van der Waals surface area contributed by atoms with Gasteiger partial charge in [-0.25, -0.2) is 4.98 Å². The van der Waals surface area contributed by atoms with Gasteiger partial charge in [0.05, 0.1) is 0 Å². The molecule has 98 valence electrons. The van der Waals surface area contributed by atoms with Crippen LogP contribution in [0.25, 0.3) is 0 Å². The first kappa shape index (κ1) is 12.4.